The van der Waals surface area contributed by atoms with E-state index < -0.39 is 34.5 Å². The SMILES string of the molecule is CN1CCC(CC(=O)NC2(c3cccc(F)c3F)CCCC2)(C(=O)[O-])CC1.[Na+]. The summed E-state index contributed by atoms with van der Waals surface area (Å²) in [5, 5.41) is 14.6. The van der Waals surface area contributed by atoms with Gasteiger partial charge in [-0.2, -0.15) is 0 Å². The number of piperidine rings is 1. The van der Waals surface area contributed by atoms with E-state index in [-0.39, 0.29) is 41.5 Å². The van der Waals surface area contributed by atoms with Crippen molar-refractivity contribution in [1.82, 2.24) is 10.2 Å². The molecule has 1 aromatic carbocycles. The molecule has 1 aliphatic carbocycles. The third-order valence-corrected chi connectivity index (χ3v) is 6.18. The second kappa shape index (κ2) is 9.20. The molecule has 1 aliphatic heterocycles. The number of nitrogens with zero attached hydrogens (tertiary/aromatic N) is 1. The summed E-state index contributed by atoms with van der Waals surface area (Å²) >= 11 is 0. The van der Waals surface area contributed by atoms with Crippen LogP contribution in [0.15, 0.2) is 18.2 Å². The Bertz CT molecular complexity index is 730. The van der Waals surface area contributed by atoms with Crippen LogP contribution in [0.1, 0.15) is 50.5 Å². The van der Waals surface area contributed by atoms with Gasteiger partial charge in [0.2, 0.25) is 5.91 Å². The van der Waals surface area contributed by atoms with Gasteiger partial charge in [0.1, 0.15) is 0 Å². The van der Waals surface area contributed by atoms with Crippen LogP contribution < -0.4 is 40.0 Å². The number of aliphatic carboxylic acids is 1. The minimum absolute atomic E-state index is 0. The Morgan fingerprint density at radius 2 is 1.75 bits per heavy atom. The summed E-state index contributed by atoms with van der Waals surface area (Å²) in [5.74, 6) is -3.57. The molecule has 0 atom stereocenters. The third-order valence-electron chi connectivity index (χ3n) is 6.18. The summed E-state index contributed by atoms with van der Waals surface area (Å²) in [5.41, 5.74) is -2.06. The molecule has 1 saturated carbocycles. The molecule has 2 aliphatic rings. The minimum atomic E-state index is -1.22. The molecule has 0 aromatic heterocycles. The fraction of sp³-hybridized carbons (Fsp3) is 0.600. The second-order valence-corrected chi connectivity index (χ2v) is 7.99. The number of carboxylic acid groups (broad SMARTS) is 1. The Morgan fingerprint density at radius 1 is 1.14 bits per heavy atom. The molecular formula is C20H25F2N2NaO3. The van der Waals surface area contributed by atoms with Crippen LogP contribution in [-0.2, 0) is 15.1 Å². The van der Waals surface area contributed by atoms with E-state index in [0.717, 1.165) is 18.9 Å². The van der Waals surface area contributed by atoms with E-state index in [0.29, 0.717) is 38.8 Å². The van der Waals surface area contributed by atoms with Crippen LogP contribution in [0.2, 0.25) is 0 Å². The van der Waals surface area contributed by atoms with Crippen LogP contribution in [0.4, 0.5) is 8.78 Å². The first kappa shape index (κ1) is 23.3. The quantitative estimate of drug-likeness (QED) is 0.622. The monoisotopic (exact) mass is 402 g/mol. The van der Waals surface area contributed by atoms with Gasteiger partial charge in [-0.15, -0.1) is 0 Å². The number of benzene rings is 1. The average Bonchev–Trinajstić information content (AvgIpc) is 3.08. The zero-order chi connectivity index (χ0) is 19.7. The number of amides is 1. The summed E-state index contributed by atoms with van der Waals surface area (Å²) in [4.78, 5) is 26.6. The minimum Gasteiger partial charge on any atom is -0.550 e. The van der Waals surface area contributed by atoms with E-state index in [9.17, 15) is 23.5 Å². The summed E-state index contributed by atoms with van der Waals surface area (Å²) < 4.78 is 28.2. The van der Waals surface area contributed by atoms with Crippen molar-refractivity contribution in [3.05, 3.63) is 35.4 Å². The van der Waals surface area contributed by atoms with E-state index >= 15 is 0 Å². The van der Waals surface area contributed by atoms with E-state index in [2.05, 4.69) is 5.32 Å². The van der Waals surface area contributed by atoms with Gasteiger partial charge in [-0.3, -0.25) is 4.79 Å². The number of rotatable bonds is 5. The summed E-state index contributed by atoms with van der Waals surface area (Å²) in [6.07, 6.45) is 3.03. The van der Waals surface area contributed by atoms with Crippen molar-refractivity contribution < 1.29 is 53.0 Å². The van der Waals surface area contributed by atoms with Crippen LogP contribution in [0.3, 0.4) is 0 Å². The van der Waals surface area contributed by atoms with E-state index in [1.807, 2.05) is 11.9 Å². The fourth-order valence-corrected chi connectivity index (χ4v) is 4.43. The van der Waals surface area contributed by atoms with Crippen molar-refractivity contribution in [3.8, 4) is 0 Å². The van der Waals surface area contributed by atoms with Gasteiger partial charge in [0.05, 0.1) is 5.54 Å². The van der Waals surface area contributed by atoms with Crippen LogP contribution in [0.5, 0.6) is 0 Å². The van der Waals surface area contributed by atoms with Crippen LogP contribution >= 0.6 is 0 Å². The van der Waals surface area contributed by atoms with Gasteiger partial charge >= 0.3 is 29.6 Å². The topological polar surface area (TPSA) is 72.5 Å². The van der Waals surface area contributed by atoms with E-state index in [4.69, 9.17) is 0 Å². The average molecular weight is 402 g/mol. The Morgan fingerprint density at radius 3 is 2.32 bits per heavy atom. The molecule has 1 N–H and O–H groups in total. The van der Waals surface area contributed by atoms with Crippen molar-refractivity contribution >= 4 is 11.9 Å². The van der Waals surface area contributed by atoms with Crippen molar-refractivity contribution in [2.24, 2.45) is 5.41 Å². The van der Waals surface area contributed by atoms with Gasteiger partial charge in [-0.05, 0) is 51.9 Å². The van der Waals surface area contributed by atoms with Gasteiger partial charge in [0.25, 0.3) is 0 Å². The number of halogens is 2. The third kappa shape index (κ3) is 4.58. The van der Waals surface area contributed by atoms with Gasteiger partial charge < -0.3 is 20.1 Å². The van der Waals surface area contributed by atoms with Crippen molar-refractivity contribution in [2.45, 2.75) is 50.5 Å². The zero-order valence-electron chi connectivity index (χ0n) is 16.5. The Kier molecular flexibility index (Phi) is 7.64. The Labute approximate surface area is 186 Å². The fourth-order valence-electron chi connectivity index (χ4n) is 4.43. The largest absolute Gasteiger partial charge is 1.00 e. The molecule has 1 saturated heterocycles. The molecule has 1 aromatic rings. The van der Waals surface area contributed by atoms with E-state index in [1.54, 1.807) is 0 Å². The van der Waals surface area contributed by atoms with Crippen LogP contribution in [-0.4, -0.2) is 36.9 Å². The first-order valence-corrected chi connectivity index (χ1v) is 9.44. The van der Waals surface area contributed by atoms with Gasteiger partial charge in [0, 0.05) is 23.4 Å². The predicted molar refractivity (Wildman–Crippen MR) is 93.4 cm³/mol. The molecule has 28 heavy (non-hydrogen) atoms. The predicted octanol–water partition coefficient (Wildman–Crippen LogP) is -1.29. The Hall–Kier alpha value is -1.02. The zero-order valence-corrected chi connectivity index (χ0v) is 18.5. The smallest absolute Gasteiger partial charge is 0.550 e. The number of carbonyl (C=O) groups is 2. The van der Waals surface area contributed by atoms with Crippen molar-refractivity contribution in [2.75, 3.05) is 20.1 Å². The van der Waals surface area contributed by atoms with Crippen LogP contribution in [0.25, 0.3) is 0 Å². The van der Waals surface area contributed by atoms with Crippen molar-refractivity contribution in [1.29, 1.82) is 0 Å². The molecule has 0 radical (unpaired) electrons. The second-order valence-electron chi connectivity index (χ2n) is 7.99. The molecule has 1 amide bonds. The number of nitrogens with one attached hydrogen (secondary N) is 1. The molecule has 0 spiro atoms. The summed E-state index contributed by atoms with van der Waals surface area (Å²) in [7, 11) is 1.90. The maximum atomic E-state index is 14.4. The first-order chi connectivity index (χ1) is 12.8. The van der Waals surface area contributed by atoms with E-state index in [1.165, 1.54) is 12.1 Å². The molecule has 0 unspecified atom stereocenters. The number of hydrogen-bond donors (Lipinski definition) is 1. The van der Waals surface area contributed by atoms with Gasteiger partial charge in [0.15, 0.2) is 11.6 Å². The number of likely N-dealkylation sites (tertiary alicyclic amines) is 1. The summed E-state index contributed by atoms with van der Waals surface area (Å²) in [6.45, 7) is 1.15. The molecule has 5 nitrogen and oxygen atoms in total. The number of carboxylic acids is 1. The summed E-state index contributed by atoms with van der Waals surface area (Å²) in [6, 6.07) is 3.97. The molecule has 8 heteroatoms. The van der Waals surface area contributed by atoms with Crippen LogP contribution in [0, 0.1) is 17.0 Å². The number of carbonyl (C=O) groups excluding carboxylic acids is 2. The standard InChI is InChI=1S/C20H26F2N2O3.Na/c1-24-11-9-19(10-12-24,18(26)27)13-16(25)23-20(7-2-3-8-20)14-5-4-6-15(21)17(14)22;/h4-6H,2-3,7-13H2,1H3,(H,23,25)(H,26,27);/q;+1/p-1. The first-order valence-electron chi connectivity index (χ1n) is 9.44. The molecular weight excluding hydrogens is 377 g/mol. The van der Waals surface area contributed by atoms with Crippen molar-refractivity contribution in [3.63, 3.8) is 0 Å². The number of hydrogen-bond acceptors (Lipinski definition) is 4. The molecule has 1 heterocycles. The van der Waals surface area contributed by atoms with Gasteiger partial charge in [-0.1, -0.05) is 25.0 Å². The normalized spacial score (nSPS) is 21.0. The Balaban J connectivity index is 0.00000280. The molecule has 2 fully saturated rings. The molecule has 148 valence electrons. The van der Waals surface area contributed by atoms with Gasteiger partial charge in [-0.25, -0.2) is 8.78 Å². The molecule has 0 bridgehead atoms. The maximum absolute atomic E-state index is 14.4. The molecule has 3 rings (SSSR count). The maximum Gasteiger partial charge on any atom is 1.00 e.